The Morgan fingerprint density at radius 1 is 1.38 bits per heavy atom. The van der Waals surface area contributed by atoms with Crippen LogP contribution in [0, 0.1) is 0 Å². The molecule has 2 rings (SSSR count). The van der Waals surface area contributed by atoms with Gasteiger partial charge in [0.25, 0.3) is 0 Å². The molecule has 0 bridgehead atoms. The molecule has 0 atom stereocenters. The first-order valence-corrected chi connectivity index (χ1v) is 4.03. The van der Waals surface area contributed by atoms with Crippen LogP contribution < -0.4 is 0 Å². The number of aromatic nitrogens is 3. The van der Waals surface area contributed by atoms with Gasteiger partial charge in [0, 0.05) is 12.4 Å². The number of hydrogen-bond acceptors (Lipinski definition) is 3. The van der Waals surface area contributed by atoms with E-state index < -0.39 is 17.7 Å². The number of carboxylic acids is 1. The second-order valence-electron chi connectivity index (χ2n) is 2.97. The van der Waals surface area contributed by atoms with E-state index in [9.17, 15) is 18.0 Å². The predicted octanol–water partition coefficient (Wildman–Crippen LogP) is 1.45. The Labute approximate surface area is 86.1 Å². The van der Waals surface area contributed by atoms with Gasteiger partial charge in [0.1, 0.15) is 5.56 Å². The molecule has 1 N–H and O–H groups in total. The Hall–Kier alpha value is -2.12. The van der Waals surface area contributed by atoms with E-state index in [-0.39, 0.29) is 11.2 Å². The van der Waals surface area contributed by atoms with Crippen molar-refractivity contribution in [2.45, 2.75) is 6.18 Å². The molecule has 0 saturated heterocycles. The molecule has 0 unspecified atom stereocenters. The smallest absolute Gasteiger partial charge is 0.419 e. The van der Waals surface area contributed by atoms with E-state index >= 15 is 0 Å². The topological polar surface area (TPSA) is 67.5 Å². The molecule has 0 saturated carbocycles. The Morgan fingerprint density at radius 2 is 2.06 bits per heavy atom. The number of aromatic carboxylic acids is 1. The summed E-state index contributed by atoms with van der Waals surface area (Å²) in [6.45, 7) is 0. The fourth-order valence-electron chi connectivity index (χ4n) is 1.17. The highest BCUT2D eigenvalue weighted by atomic mass is 19.4. The van der Waals surface area contributed by atoms with E-state index in [1.54, 1.807) is 0 Å². The van der Waals surface area contributed by atoms with Crippen molar-refractivity contribution in [2.24, 2.45) is 0 Å². The highest BCUT2D eigenvalue weighted by Crippen LogP contribution is 2.28. The first-order chi connectivity index (χ1) is 7.39. The van der Waals surface area contributed by atoms with Crippen molar-refractivity contribution < 1.29 is 23.1 Å². The number of halogens is 3. The van der Waals surface area contributed by atoms with Gasteiger partial charge in [-0.2, -0.15) is 18.3 Å². The molecule has 0 aliphatic rings. The minimum atomic E-state index is -4.53. The maximum Gasteiger partial charge on any atom is 0.419 e. The van der Waals surface area contributed by atoms with Crippen LogP contribution in [0.3, 0.4) is 0 Å². The van der Waals surface area contributed by atoms with Crippen LogP contribution in [0.4, 0.5) is 13.2 Å². The molecule has 0 aromatic carbocycles. The van der Waals surface area contributed by atoms with Gasteiger partial charge < -0.3 is 5.11 Å². The summed E-state index contributed by atoms with van der Waals surface area (Å²) in [5.74, 6) is -1.29. The third-order valence-corrected chi connectivity index (χ3v) is 1.91. The number of carboxylic acid groups (broad SMARTS) is 1. The summed E-state index contributed by atoms with van der Waals surface area (Å²) in [5, 5.41) is 12.2. The molecule has 8 heteroatoms. The summed E-state index contributed by atoms with van der Waals surface area (Å²) in [5.41, 5.74) is -1.35. The number of carbonyl (C=O) groups is 1. The first-order valence-electron chi connectivity index (χ1n) is 4.03. The highest BCUT2D eigenvalue weighted by molar-refractivity contribution is 5.93. The molecule has 0 fully saturated rings. The zero-order valence-electron chi connectivity index (χ0n) is 7.56. The van der Waals surface area contributed by atoms with Gasteiger partial charge in [0.2, 0.25) is 0 Å². The van der Waals surface area contributed by atoms with Crippen LogP contribution in [0.2, 0.25) is 0 Å². The lowest BCUT2D eigenvalue weighted by molar-refractivity contribution is -0.138. The van der Waals surface area contributed by atoms with Gasteiger partial charge in [-0.25, -0.2) is 14.3 Å². The maximum absolute atomic E-state index is 12.3. The zero-order chi connectivity index (χ0) is 11.9. The van der Waals surface area contributed by atoms with Crippen LogP contribution in [0.25, 0.3) is 5.65 Å². The van der Waals surface area contributed by atoms with E-state index in [1.807, 2.05) is 0 Å². The Balaban J connectivity index is 2.62. The van der Waals surface area contributed by atoms with Crippen LogP contribution in [-0.2, 0) is 6.18 Å². The van der Waals surface area contributed by atoms with Gasteiger partial charge in [-0.1, -0.05) is 0 Å². The summed E-state index contributed by atoms with van der Waals surface area (Å²) in [6.07, 6.45) is -2.32. The van der Waals surface area contributed by atoms with Gasteiger partial charge in [-0.15, -0.1) is 0 Å². The monoisotopic (exact) mass is 231 g/mol. The molecule has 2 aromatic rings. The normalized spacial score (nSPS) is 11.9. The lowest BCUT2D eigenvalue weighted by Gasteiger charge is -2.05. The number of alkyl halides is 3. The maximum atomic E-state index is 12.3. The molecule has 0 aliphatic heterocycles. The van der Waals surface area contributed by atoms with E-state index in [0.29, 0.717) is 12.4 Å². The average Bonchev–Trinajstić information content (AvgIpc) is 2.58. The van der Waals surface area contributed by atoms with E-state index in [1.165, 1.54) is 0 Å². The van der Waals surface area contributed by atoms with Gasteiger partial charge in [0.05, 0.1) is 11.8 Å². The van der Waals surface area contributed by atoms with Crippen molar-refractivity contribution in [3.05, 3.63) is 29.7 Å². The minimum Gasteiger partial charge on any atom is -0.477 e. The molecule has 84 valence electrons. The molecule has 0 radical (unpaired) electrons. The third kappa shape index (κ3) is 1.58. The highest BCUT2D eigenvalue weighted by Gasteiger charge is 2.32. The van der Waals surface area contributed by atoms with E-state index in [0.717, 1.165) is 10.7 Å². The van der Waals surface area contributed by atoms with Crippen molar-refractivity contribution in [1.29, 1.82) is 0 Å². The second-order valence-corrected chi connectivity index (χ2v) is 2.97. The first kappa shape index (κ1) is 10.4. The summed E-state index contributed by atoms with van der Waals surface area (Å²) in [7, 11) is 0. The van der Waals surface area contributed by atoms with Crippen molar-refractivity contribution in [1.82, 2.24) is 14.6 Å². The van der Waals surface area contributed by atoms with Crippen LogP contribution in [0.5, 0.6) is 0 Å². The van der Waals surface area contributed by atoms with Crippen molar-refractivity contribution in [2.75, 3.05) is 0 Å². The van der Waals surface area contributed by atoms with Gasteiger partial charge in [-0.3, -0.25) is 0 Å². The zero-order valence-corrected chi connectivity index (χ0v) is 7.56. The Morgan fingerprint density at radius 3 is 2.62 bits per heavy atom. The molecule has 16 heavy (non-hydrogen) atoms. The predicted molar refractivity (Wildman–Crippen MR) is 44.9 cm³/mol. The van der Waals surface area contributed by atoms with Crippen molar-refractivity contribution >= 4 is 11.6 Å². The lowest BCUT2D eigenvalue weighted by atomic mass is 10.3. The van der Waals surface area contributed by atoms with Crippen LogP contribution in [0.15, 0.2) is 18.6 Å². The molecular weight excluding hydrogens is 227 g/mol. The molecule has 5 nitrogen and oxygen atoms in total. The SMILES string of the molecule is O=C(O)c1cnn2cc(C(F)(F)F)cnc12. The van der Waals surface area contributed by atoms with Gasteiger partial charge >= 0.3 is 12.1 Å². The molecule has 0 amide bonds. The Bertz CT molecular complexity index is 561. The van der Waals surface area contributed by atoms with Crippen LogP contribution in [-0.4, -0.2) is 25.7 Å². The van der Waals surface area contributed by atoms with Gasteiger partial charge in [0.15, 0.2) is 5.65 Å². The van der Waals surface area contributed by atoms with E-state index in [4.69, 9.17) is 5.11 Å². The minimum absolute atomic E-state index is 0.125. The molecule has 0 spiro atoms. The average molecular weight is 231 g/mol. The fraction of sp³-hybridized carbons (Fsp3) is 0.125. The number of nitrogens with zero attached hydrogens (tertiary/aromatic N) is 3. The second kappa shape index (κ2) is 3.19. The number of hydrogen-bond donors (Lipinski definition) is 1. The number of rotatable bonds is 1. The summed E-state index contributed by atoms with van der Waals surface area (Å²) in [4.78, 5) is 14.1. The van der Waals surface area contributed by atoms with Gasteiger partial charge in [-0.05, 0) is 0 Å². The molecular formula is C8H4F3N3O2. The third-order valence-electron chi connectivity index (χ3n) is 1.91. The molecule has 2 heterocycles. The standard InChI is InChI=1S/C8H4F3N3O2/c9-8(10,11)4-1-12-6-5(7(15)16)2-13-14(6)3-4/h1-3H,(H,15,16). The molecule has 0 aliphatic carbocycles. The number of fused-ring (bicyclic) bond motifs is 1. The largest absolute Gasteiger partial charge is 0.477 e. The summed E-state index contributed by atoms with van der Waals surface area (Å²) < 4.78 is 37.6. The van der Waals surface area contributed by atoms with Crippen molar-refractivity contribution in [3.8, 4) is 0 Å². The van der Waals surface area contributed by atoms with Crippen LogP contribution in [0.1, 0.15) is 15.9 Å². The molecule has 2 aromatic heterocycles. The van der Waals surface area contributed by atoms with Crippen molar-refractivity contribution in [3.63, 3.8) is 0 Å². The fourth-order valence-corrected chi connectivity index (χ4v) is 1.17. The Kier molecular flexibility index (Phi) is 2.07. The lowest BCUT2D eigenvalue weighted by Crippen LogP contribution is -2.08. The van der Waals surface area contributed by atoms with Crippen LogP contribution >= 0.6 is 0 Å². The quantitative estimate of drug-likeness (QED) is 0.806. The summed E-state index contributed by atoms with van der Waals surface area (Å²) >= 11 is 0. The van der Waals surface area contributed by atoms with E-state index in [2.05, 4.69) is 10.1 Å². The summed E-state index contributed by atoms with van der Waals surface area (Å²) in [6, 6.07) is 0.